The van der Waals surface area contributed by atoms with Crippen LogP contribution >= 0.6 is 0 Å². The van der Waals surface area contributed by atoms with E-state index in [4.69, 9.17) is 0 Å². The molecule has 2 heterocycles. The Bertz CT molecular complexity index is 938. The van der Waals surface area contributed by atoms with Gasteiger partial charge in [0.1, 0.15) is 0 Å². The summed E-state index contributed by atoms with van der Waals surface area (Å²) in [5, 5.41) is 0. The second-order valence-corrected chi connectivity index (χ2v) is 6.91. The number of hydrogen-bond acceptors (Lipinski definition) is 2. The molecule has 0 atom stereocenters. The van der Waals surface area contributed by atoms with E-state index in [1.807, 2.05) is 26.8 Å². The van der Waals surface area contributed by atoms with Crippen LogP contribution in [0.5, 0.6) is 0 Å². The number of hydrogen-bond donors (Lipinski definition) is 0. The van der Waals surface area contributed by atoms with E-state index in [-0.39, 0.29) is 30.0 Å². The van der Waals surface area contributed by atoms with Gasteiger partial charge < -0.3 is 9.13 Å². The zero-order chi connectivity index (χ0) is 19.8. The Labute approximate surface area is 149 Å². The molecule has 0 spiro atoms. The van der Waals surface area contributed by atoms with E-state index in [0.717, 1.165) is 28.1 Å². The molecule has 0 fully saturated rings. The number of aryl methyl sites for hydroxylation is 4. The highest BCUT2D eigenvalue weighted by molar-refractivity contribution is 5.29. The van der Waals surface area contributed by atoms with Gasteiger partial charge in [-0.1, -0.05) is 13.8 Å². The van der Waals surface area contributed by atoms with Crippen molar-refractivity contribution in [2.75, 3.05) is 0 Å². The molecule has 0 aliphatic rings. The van der Waals surface area contributed by atoms with Crippen LogP contribution in [0.1, 0.15) is 47.7 Å². The van der Waals surface area contributed by atoms with Gasteiger partial charge in [-0.3, -0.25) is 9.59 Å². The number of pyridine rings is 2. The van der Waals surface area contributed by atoms with E-state index in [1.165, 1.54) is 11.6 Å². The molecule has 2 aromatic rings. The van der Waals surface area contributed by atoms with Crippen molar-refractivity contribution in [2.24, 2.45) is 7.05 Å². The van der Waals surface area contributed by atoms with Gasteiger partial charge in [0.25, 0.3) is 11.1 Å². The highest BCUT2D eigenvalue weighted by Crippen LogP contribution is 2.28. The van der Waals surface area contributed by atoms with Gasteiger partial charge in [-0.25, -0.2) is 0 Å². The second-order valence-electron chi connectivity index (χ2n) is 6.91. The summed E-state index contributed by atoms with van der Waals surface area (Å²) >= 11 is 0. The van der Waals surface area contributed by atoms with Crippen molar-refractivity contribution in [1.82, 2.24) is 9.13 Å². The third kappa shape index (κ3) is 3.92. The number of rotatable bonds is 4. The van der Waals surface area contributed by atoms with Gasteiger partial charge in [-0.2, -0.15) is 13.2 Å². The van der Waals surface area contributed by atoms with Crippen LogP contribution in [0, 0.1) is 13.8 Å². The summed E-state index contributed by atoms with van der Waals surface area (Å²) in [5.74, 6) is 0.0378. The van der Waals surface area contributed by atoms with Gasteiger partial charge in [0.2, 0.25) is 0 Å². The largest absolute Gasteiger partial charge is 0.417 e. The molecule has 0 aliphatic carbocycles. The van der Waals surface area contributed by atoms with Crippen LogP contribution in [0.15, 0.2) is 27.9 Å². The van der Waals surface area contributed by atoms with Crippen molar-refractivity contribution >= 4 is 0 Å². The van der Waals surface area contributed by atoms with Crippen LogP contribution in [0.3, 0.4) is 0 Å². The lowest BCUT2D eigenvalue weighted by atomic mass is 9.99. The summed E-state index contributed by atoms with van der Waals surface area (Å²) in [6.07, 6.45) is -3.69. The average molecular weight is 368 g/mol. The topological polar surface area (TPSA) is 44.0 Å². The Kier molecular flexibility index (Phi) is 5.49. The van der Waals surface area contributed by atoms with Gasteiger partial charge in [-0.15, -0.1) is 0 Å². The van der Waals surface area contributed by atoms with Crippen molar-refractivity contribution in [3.63, 3.8) is 0 Å². The van der Waals surface area contributed by atoms with Gasteiger partial charge >= 0.3 is 6.18 Å². The van der Waals surface area contributed by atoms with E-state index in [2.05, 4.69) is 0 Å². The molecule has 0 saturated carbocycles. The molecule has 7 heteroatoms. The molecular weight excluding hydrogens is 345 g/mol. The third-order valence-corrected chi connectivity index (χ3v) is 4.52. The van der Waals surface area contributed by atoms with Gasteiger partial charge in [0, 0.05) is 36.6 Å². The van der Waals surface area contributed by atoms with E-state index in [1.54, 1.807) is 6.92 Å². The summed E-state index contributed by atoms with van der Waals surface area (Å²) in [6.45, 7) is 7.65. The minimum atomic E-state index is -4.53. The lowest BCUT2D eigenvalue weighted by Gasteiger charge is -2.17. The molecule has 2 aromatic heterocycles. The predicted octanol–water partition coefficient (Wildman–Crippen LogP) is 3.55. The maximum Gasteiger partial charge on any atom is 0.417 e. The average Bonchev–Trinajstić information content (AvgIpc) is 2.48. The molecule has 0 bridgehead atoms. The molecule has 0 N–H and O–H groups in total. The van der Waals surface area contributed by atoms with Crippen LogP contribution in [-0.2, 0) is 26.2 Å². The predicted molar refractivity (Wildman–Crippen MR) is 94.7 cm³/mol. The first kappa shape index (κ1) is 20.0. The number of alkyl halides is 3. The maximum atomic E-state index is 13.0. The highest BCUT2D eigenvalue weighted by atomic mass is 19.4. The number of halogens is 3. The monoisotopic (exact) mass is 368 g/mol. The van der Waals surface area contributed by atoms with Crippen LogP contribution in [0.2, 0.25) is 0 Å². The molecule has 0 aromatic carbocycles. The first-order valence-corrected chi connectivity index (χ1v) is 8.41. The van der Waals surface area contributed by atoms with Gasteiger partial charge in [0.15, 0.2) is 0 Å². The fraction of sp³-hybridized carbons (Fsp3) is 0.474. The lowest BCUT2D eigenvalue weighted by molar-refractivity contribution is -0.138. The Balaban J connectivity index is 2.45. The molecule has 4 nitrogen and oxygen atoms in total. The minimum absolute atomic E-state index is 0.0378. The normalized spacial score (nSPS) is 12.0. The Hall–Kier alpha value is -2.31. The van der Waals surface area contributed by atoms with E-state index < -0.39 is 17.3 Å². The summed E-state index contributed by atoms with van der Waals surface area (Å²) in [7, 11) is 1.29. The van der Waals surface area contributed by atoms with Crippen LogP contribution in [-0.4, -0.2) is 9.13 Å². The summed E-state index contributed by atoms with van der Waals surface area (Å²) in [6, 6.07) is 2.77. The van der Waals surface area contributed by atoms with E-state index in [9.17, 15) is 22.8 Å². The molecule has 142 valence electrons. The fourth-order valence-corrected chi connectivity index (χ4v) is 3.27. The fourth-order valence-electron chi connectivity index (χ4n) is 3.27. The van der Waals surface area contributed by atoms with Crippen LogP contribution in [0.4, 0.5) is 13.2 Å². The number of nitrogens with zero attached hydrogens (tertiary/aromatic N) is 2. The number of aromatic nitrogens is 2. The molecule has 0 saturated heterocycles. The second kappa shape index (κ2) is 7.13. The van der Waals surface area contributed by atoms with E-state index >= 15 is 0 Å². The van der Waals surface area contributed by atoms with Crippen molar-refractivity contribution in [3.05, 3.63) is 67.0 Å². The Morgan fingerprint density at radius 2 is 1.69 bits per heavy atom. The summed E-state index contributed by atoms with van der Waals surface area (Å²) in [4.78, 5) is 24.9. The highest BCUT2D eigenvalue weighted by Gasteiger charge is 2.31. The SMILES string of the molecule is Cc1cc(C)n(CCc2cc(C(F)(F)F)cn(C)c2=O)c(=O)c1C(C)C. The molecule has 26 heavy (non-hydrogen) atoms. The molecule has 0 unspecified atom stereocenters. The van der Waals surface area contributed by atoms with Crippen molar-refractivity contribution in [2.45, 2.75) is 52.8 Å². The molecular formula is C19H23F3N2O2. The zero-order valence-corrected chi connectivity index (χ0v) is 15.6. The quantitative estimate of drug-likeness (QED) is 0.828. The van der Waals surface area contributed by atoms with Crippen molar-refractivity contribution in [3.8, 4) is 0 Å². The minimum Gasteiger partial charge on any atom is -0.318 e. The lowest BCUT2D eigenvalue weighted by Crippen LogP contribution is -2.30. The van der Waals surface area contributed by atoms with Crippen LogP contribution in [0.25, 0.3) is 0 Å². The van der Waals surface area contributed by atoms with Crippen molar-refractivity contribution in [1.29, 1.82) is 0 Å². The smallest absolute Gasteiger partial charge is 0.318 e. The first-order chi connectivity index (χ1) is 11.9. The summed E-state index contributed by atoms with van der Waals surface area (Å²) < 4.78 is 41.4. The summed E-state index contributed by atoms with van der Waals surface area (Å²) in [5.41, 5.74) is 0.842. The molecule has 0 radical (unpaired) electrons. The van der Waals surface area contributed by atoms with Gasteiger partial charge in [0.05, 0.1) is 5.56 Å². The molecule has 0 aliphatic heterocycles. The van der Waals surface area contributed by atoms with Crippen molar-refractivity contribution < 1.29 is 13.2 Å². The maximum absolute atomic E-state index is 13.0. The third-order valence-electron chi connectivity index (χ3n) is 4.52. The molecule has 0 amide bonds. The Morgan fingerprint density at radius 1 is 1.08 bits per heavy atom. The first-order valence-electron chi connectivity index (χ1n) is 8.41. The van der Waals surface area contributed by atoms with Crippen LogP contribution < -0.4 is 11.1 Å². The van der Waals surface area contributed by atoms with E-state index in [0.29, 0.717) is 5.56 Å². The van der Waals surface area contributed by atoms with Gasteiger partial charge in [-0.05, 0) is 43.9 Å². The molecule has 2 rings (SSSR count). The Morgan fingerprint density at radius 3 is 2.23 bits per heavy atom. The standard InChI is InChI=1S/C19H23F3N2O2/c1-11(2)16-12(3)8-13(4)24(18(16)26)7-6-14-9-15(19(20,21)22)10-23(5)17(14)25/h8-11H,6-7H2,1-5H3. The zero-order valence-electron chi connectivity index (χ0n) is 15.6.